The van der Waals surface area contributed by atoms with Crippen molar-refractivity contribution in [1.82, 2.24) is 9.97 Å². The van der Waals surface area contributed by atoms with Gasteiger partial charge in [-0.15, -0.1) is 0 Å². The number of aryl methyl sites for hydroxylation is 1. The number of carbonyl (C=O) groups is 2. The van der Waals surface area contributed by atoms with Gasteiger partial charge in [0.1, 0.15) is 17.2 Å². The van der Waals surface area contributed by atoms with Crippen LogP contribution in [0, 0.1) is 11.3 Å². The number of ether oxygens (including phenoxy) is 2. The Morgan fingerprint density at radius 1 is 1.20 bits per heavy atom. The maximum atomic E-state index is 12.7. The summed E-state index contributed by atoms with van der Waals surface area (Å²) in [7, 11) is 1.57. The number of anilines is 2. The van der Waals surface area contributed by atoms with E-state index in [0.29, 0.717) is 35.7 Å². The van der Waals surface area contributed by atoms with Crippen molar-refractivity contribution in [2.24, 2.45) is 0 Å². The Hall–Kier alpha value is -3.87. The molecule has 0 spiro atoms. The number of methoxy groups -OCH3 is 1. The molecule has 2 aromatic rings. The van der Waals surface area contributed by atoms with Crippen molar-refractivity contribution in [1.29, 1.82) is 5.26 Å². The maximum Gasteiger partial charge on any atom is 0.308 e. The van der Waals surface area contributed by atoms with Gasteiger partial charge >= 0.3 is 11.9 Å². The second kappa shape index (κ2) is 14.0. The lowest BCUT2D eigenvalue weighted by Crippen LogP contribution is -2.30. The average molecular weight is 554 g/mol. The summed E-state index contributed by atoms with van der Waals surface area (Å²) in [6.45, 7) is 11.2. The third-order valence-electron chi connectivity index (χ3n) is 6.41. The van der Waals surface area contributed by atoms with Crippen LogP contribution in [0.25, 0.3) is 0 Å². The topological polar surface area (TPSA) is 160 Å². The fourth-order valence-corrected chi connectivity index (χ4v) is 4.30. The van der Waals surface area contributed by atoms with E-state index < -0.39 is 17.0 Å². The Morgan fingerprint density at radius 2 is 1.90 bits per heavy atom. The molecule has 1 aromatic carbocycles. The molecule has 1 aromatic heterocycles. The Balaban J connectivity index is 2.60. The van der Waals surface area contributed by atoms with Gasteiger partial charge in [-0.3, -0.25) is 9.59 Å². The van der Waals surface area contributed by atoms with Gasteiger partial charge in [-0.2, -0.15) is 10.2 Å². The number of aliphatic carboxylic acids is 1. The predicted molar refractivity (Wildman–Crippen MR) is 154 cm³/mol. The largest absolute Gasteiger partial charge is 0.496 e. The van der Waals surface area contributed by atoms with Crippen LogP contribution in [0.3, 0.4) is 0 Å². The number of hydrogen-bond acceptors (Lipinski definition) is 9. The van der Waals surface area contributed by atoms with Crippen LogP contribution in [0.1, 0.15) is 96.0 Å². The van der Waals surface area contributed by atoms with Crippen molar-refractivity contribution in [3.63, 3.8) is 0 Å². The lowest BCUT2D eigenvalue weighted by atomic mass is 9.84. The van der Waals surface area contributed by atoms with Gasteiger partial charge in [0.15, 0.2) is 0 Å². The number of nitriles is 1. The number of benzene rings is 1. The van der Waals surface area contributed by atoms with Gasteiger partial charge < -0.3 is 25.6 Å². The summed E-state index contributed by atoms with van der Waals surface area (Å²) >= 11 is 0. The van der Waals surface area contributed by atoms with Crippen molar-refractivity contribution < 1.29 is 24.2 Å². The molecular weight excluding hydrogens is 510 g/mol. The van der Waals surface area contributed by atoms with Gasteiger partial charge in [0.2, 0.25) is 5.95 Å². The van der Waals surface area contributed by atoms with Gasteiger partial charge in [0, 0.05) is 24.4 Å². The van der Waals surface area contributed by atoms with E-state index in [1.807, 2.05) is 52.8 Å². The minimum Gasteiger partial charge on any atom is -0.496 e. The molecule has 0 unspecified atom stereocenters. The Morgan fingerprint density at radius 3 is 2.48 bits per heavy atom. The molecule has 218 valence electrons. The van der Waals surface area contributed by atoms with E-state index in [0.717, 1.165) is 24.0 Å². The van der Waals surface area contributed by atoms with E-state index in [2.05, 4.69) is 28.3 Å². The first-order valence-corrected chi connectivity index (χ1v) is 13.6. The normalized spacial score (nSPS) is 12.3. The lowest BCUT2D eigenvalue weighted by molar-refractivity contribution is -0.155. The number of esters is 1. The van der Waals surface area contributed by atoms with Crippen molar-refractivity contribution in [2.45, 2.75) is 104 Å². The fourth-order valence-electron chi connectivity index (χ4n) is 4.30. The molecular formula is C30H43N5O5. The first kappa shape index (κ1) is 32.3. The highest BCUT2D eigenvalue weighted by Gasteiger charge is 2.25. The molecule has 0 aliphatic heterocycles. The highest BCUT2D eigenvalue weighted by Crippen LogP contribution is 2.32. The quantitative estimate of drug-likeness (QED) is 0.266. The number of nitrogen functional groups attached to an aromatic ring is 1. The van der Waals surface area contributed by atoms with E-state index in [-0.39, 0.29) is 37.2 Å². The van der Waals surface area contributed by atoms with Crippen LogP contribution in [-0.2, 0) is 32.6 Å². The molecule has 0 saturated carbocycles. The van der Waals surface area contributed by atoms with Gasteiger partial charge in [0.25, 0.3) is 0 Å². The highest BCUT2D eigenvalue weighted by atomic mass is 16.6. The minimum atomic E-state index is -0.960. The molecule has 0 saturated heterocycles. The van der Waals surface area contributed by atoms with Crippen molar-refractivity contribution in [2.75, 3.05) is 18.2 Å². The summed E-state index contributed by atoms with van der Waals surface area (Å²) in [5, 5.41) is 22.5. The zero-order valence-corrected chi connectivity index (χ0v) is 24.8. The second-order valence-electron chi connectivity index (χ2n) is 11.5. The number of nitrogens with one attached hydrogen (secondary N) is 1. The number of nitrogens with two attached hydrogens (primary N) is 1. The lowest BCUT2D eigenvalue weighted by Gasteiger charge is -2.25. The highest BCUT2D eigenvalue weighted by molar-refractivity contribution is 5.71. The summed E-state index contributed by atoms with van der Waals surface area (Å²) in [6.07, 6.45) is 2.93. The average Bonchev–Trinajstić information content (AvgIpc) is 2.86. The molecule has 0 fully saturated rings. The molecule has 0 radical (unpaired) electrons. The molecule has 1 atom stereocenters. The molecule has 10 heteroatoms. The minimum absolute atomic E-state index is 0.00415. The fraction of sp³-hybridized carbons (Fsp3) is 0.567. The van der Waals surface area contributed by atoms with Gasteiger partial charge in [-0.1, -0.05) is 31.9 Å². The second-order valence-corrected chi connectivity index (χ2v) is 11.5. The summed E-state index contributed by atoms with van der Waals surface area (Å²) in [5.41, 5.74) is 7.49. The SMILES string of the molecule is CCCC[C@@H](CC(=O)OC(C)(C)C)Nc1nc(N)nc(CCC(=O)O)c1Cc1cc(C(C)(C)C#N)ccc1OC. The number of carbonyl (C=O) groups excluding carboxylic acids is 1. The standard InChI is InChI=1S/C30H43N5O5/c1-8-9-10-21(17-26(38)40-29(2,3)4)33-27-22(23(12-14-25(36)37)34-28(32)35-27)16-19-15-20(30(5,6)18-31)11-13-24(19)39-7/h11,13,15,21H,8-10,12,14,16-17H2,1-7H3,(H,36,37)(H3,32,33,34,35)/t21-/m0/s1. The van der Waals surface area contributed by atoms with Crippen LogP contribution in [0.5, 0.6) is 5.75 Å². The molecule has 40 heavy (non-hydrogen) atoms. The molecule has 0 aliphatic rings. The Labute approximate surface area is 237 Å². The van der Waals surface area contributed by atoms with Crippen LogP contribution < -0.4 is 15.8 Å². The molecule has 2 rings (SSSR count). The predicted octanol–water partition coefficient (Wildman–Crippen LogP) is 5.18. The van der Waals surface area contributed by atoms with E-state index >= 15 is 0 Å². The summed E-state index contributed by atoms with van der Waals surface area (Å²) in [6, 6.07) is 7.63. The van der Waals surface area contributed by atoms with Crippen molar-refractivity contribution >= 4 is 23.7 Å². The van der Waals surface area contributed by atoms with E-state index in [4.69, 9.17) is 15.2 Å². The number of carboxylic acids is 1. The van der Waals surface area contributed by atoms with Crippen LogP contribution in [0.15, 0.2) is 18.2 Å². The molecule has 4 N–H and O–H groups in total. The van der Waals surface area contributed by atoms with Crippen LogP contribution >= 0.6 is 0 Å². The zero-order valence-electron chi connectivity index (χ0n) is 24.8. The number of nitrogens with zero attached hydrogens (tertiary/aromatic N) is 3. The summed E-state index contributed by atoms with van der Waals surface area (Å²) in [5.74, 6) is -0.239. The van der Waals surface area contributed by atoms with E-state index in [1.54, 1.807) is 7.11 Å². The van der Waals surface area contributed by atoms with Gasteiger partial charge in [-0.25, -0.2) is 4.98 Å². The molecule has 0 amide bonds. The molecule has 10 nitrogen and oxygen atoms in total. The number of aromatic nitrogens is 2. The summed E-state index contributed by atoms with van der Waals surface area (Å²) < 4.78 is 11.2. The van der Waals surface area contributed by atoms with Crippen molar-refractivity contribution in [3.8, 4) is 11.8 Å². The number of carboxylic acid groups (broad SMARTS) is 1. The van der Waals surface area contributed by atoms with Gasteiger partial charge in [-0.05, 0) is 58.2 Å². The van der Waals surface area contributed by atoms with Gasteiger partial charge in [0.05, 0.1) is 37.1 Å². The van der Waals surface area contributed by atoms with Crippen LogP contribution in [0.4, 0.5) is 11.8 Å². The Bertz CT molecular complexity index is 1230. The van der Waals surface area contributed by atoms with Crippen LogP contribution in [-0.4, -0.2) is 45.8 Å². The van der Waals surface area contributed by atoms with Crippen molar-refractivity contribution in [3.05, 3.63) is 40.6 Å². The zero-order chi connectivity index (χ0) is 30.1. The first-order chi connectivity index (χ1) is 18.7. The molecule has 0 aliphatic carbocycles. The van der Waals surface area contributed by atoms with Crippen LogP contribution in [0.2, 0.25) is 0 Å². The summed E-state index contributed by atoms with van der Waals surface area (Å²) in [4.78, 5) is 33.1. The molecule has 0 bridgehead atoms. The number of hydrogen-bond donors (Lipinski definition) is 3. The smallest absolute Gasteiger partial charge is 0.308 e. The number of unbranched alkanes of at least 4 members (excludes halogenated alkanes) is 1. The Kier molecular flexibility index (Phi) is 11.3. The first-order valence-electron chi connectivity index (χ1n) is 13.6. The van der Waals surface area contributed by atoms with E-state index in [9.17, 15) is 20.0 Å². The number of rotatable bonds is 14. The molecule has 1 heterocycles. The van der Waals surface area contributed by atoms with E-state index in [1.165, 1.54) is 0 Å². The third-order valence-corrected chi connectivity index (χ3v) is 6.41. The maximum absolute atomic E-state index is 12.7. The third kappa shape index (κ3) is 9.70. The monoisotopic (exact) mass is 553 g/mol.